The molecule has 3 aromatic carbocycles. The van der Waals surface area contributed by atoms with Crippen molar-refractivity contribution in [3.63, 3.8) is 0 Å². The van der Waals surface area contributed by atoms with Crippen molar-refractivity contribution in [2.75, 3.05) is 16.3 Å². The maximum atomic E-state index is 12.5. The zero-order valence-electron chi connectivity index (χ0n) is 16.6. The van der Waals surface area contributed by atoms with Gasteiger partial charge in [0.15, 0.2) is 0 Å². The molecule has 8 heteroatoms. The van der Waals surface area contributed by atoms with E-state index < -0.39 is 20.8 Å². The van der Waals surface area contributed by atoms with Gasteiger partial charge in [-0.05, 0) is 61.0 Å². The van der Waals surface area contributed by atoms with E-state index in [4.69, 9.17) is 0 Å². The van der Waals surface area contributed by atoms with Gasteiger partial charge in [-0.25, -0.2) is 8.42 Å². The Kier molecular flexibility index (Phi) is 6.69. The monoisotopic (exact) mass is 442 g/mol. The molecule has 6 nitrogen and oxygen atoms in total. The summed E-state index contributed by atoms with van der Waals surface area (Å²) in [5.41, 5.74) is 3.18. The van der Waals surface area contributed by atoms with Crippen molar-refractivity contribution >= 4 is 38.1 Å². The number of carbonyl (C=O) groups excluding carboxylic acids is 1. The second-order valence-electron chi connectivity index (χ2n) is 6.87. The maximum absolute atomic E-state index is 12.5. The molecular formula is C22H22N2O4S2. The molecule has 30 heavy (non-hydrogen) atoms. The van der Waals surface area contributed by atoms with E-state index in [-0.39, 0.29) is 10.8 Å². The fourth-order valence-electron chi connectivity index (χ4n) is 2.79. The molecule has 1 amide bonds. The molecule has 0 saturated heterocycles. The Morgan fingerprint density at radius 2 is 1.57 bits per heavy atom. The number of amides is 1. The maximum Gasteiger partial charge on any atom is 0.261 e. The van der Waals surface area contributed by atoms with Crippen LogP contribution in [0.15, 0.2) is 77.7 Å². The lowest BCUT2D eigenvalue weighted by atomic mass is 10.1. The second kappa shape index (κ2) is 9.23. The Morgan fingerprint density at radius 1 is 0.933 bits per heavy atom. The molecule has 0 fully saturated rings. The molecule has 1 atom stereocenters. The molecule has 0 aromatic heterocycles. The van der Waals surface area contributed by atoms with E-state index >= 15 is 0 Å². The van der Waals surface area contributed by atoms with Gasteiger partial charge in [-0.2, -0.15) is 0 Å². The van der Waals surface area contributed by atoms with E-state index in [1.54, 1.807) is 73.0 Å². The van der Waals surface area contributed by atoms with Crippen LogP contribution < -0.4 is 10.0 Å². The fraction of sp³-hybridized carbons (Fsp3) is 0.136. The number of hydrogen-bond acceptors (Lipinski definition) is 4. The summed E-state index contributed by atoms with van der Waals surface area (Å²) in [5, 5.41) is 2.77. The second-order valence-corrected chi connectivity index (χ2v) is 9.99. The molecule has 0 bridgehead atoms. The number of anilines is 2. The van der Waals surface area contributed by atoms with Crippen molar-refractivity contribution in [2.45, 2.75) is 17.6 Å². The summed E-state index contributed by atoms with van der Waals surface area (Å²) in [5.74, 6) is 0.0865. The lowest BCUT2D eigenvalue weighted by Gasteiger charge is -2.10. The number of carbonyl (C=O) groups is 1. The van der Waals surface area contributed by atoms with Crippen LogP contribution >= 0.6 is 0 Å². The first-order valence-electron chi connectivity index (χ1n) is 9.13. The van der Waals surface area contributed by atoms with Gasteiger partial charge >= 0.3 is 0 Å². The number of aryl methyl sites for hydroxylation is 1. The van der Waals surface area contributed by atoms with Gasteiger partial charge in [0.05, 0.1) is 4.90 Å². The minimum Gasteiger partial charge on any atom is -0.322 e. The smallest absolute Gasteiger partial charge is 0.261 e. The van der Waals surface area contributed by atoms with Gasteiger partial charge in [-0.1, -0.05) is 29.8 Å². The van der Waals surface area contributed by atoms with Crippen LogP contribution in [0.1, 0.15) is 21.5 Å². The molecule has 0 aliphatic carbocycles. The van der Waals surface area contributed by atoms with Crippen LogP contribution in [0.3, 0.4) is 0 Å². The van der Waals surface area contributed by atoms with Gasteiger partial charge in [0.1, 0.15) is 0 Å². The molecular weight excluding hydrogens is 420 g/mol. The fourth-order valence-corrected chi connectivity index (χ4v) is 4.50. The van der Waals surface area contributed by atoms with E-state index in [9.17, 15) is 17.4 Å². The van der Waals surface area contributed by atoms with Gasteiger partial charge in [0.25, 0.3) is 15.9 Å². The third-order valence-electron chi connectivity index (χ3n) is 4.29. The first-order chi connectivity index (χ1) is 14.2. The zero-order chi connectivity index (χ0) is 21.7. The highest BCUT2D eigenvalue weighted by Gasteiger charge is 2.14. The number of nitrogens with one attached hydrogen (secondary N) is 2. The zero-order valence-corrected chi connectivity index (χ0v) is 18.2. The van der Waals surface area contributed by atoms with Crippen LogP contribution in [-0.4, -0.2) is 24.8 Å². The summed E-state index contributed by atoms with van der Waals surface area (Å²) in [7, 11) is -4.68. The van der Waals surface area contributed by atoms with E-state index in [0.29, 0.717) is 22.7 Å². The molecule has 2 N–H and O–H groups in total. The first-order valence-corrected chi connectivity index (χ1v) is 12.3. The van der Waals surface area contributed by atoms with Crippen LogP contribution in [0.2, 0.25) is 0 Å². The van der Waals surface area contributed by atoms with E-state index in [0.717, 1.165) is 11.1 Å². The SMILES string of the molecule is Cc1ccc(S(=O)(=O)Nc2ccc(NC(=O)c3cccc(CS(C)=O)c3)cc2)cc1. The molecule has 0 saturated carbocycles. The van der Waals surface area contributed by atoms with Crippen molar-refractivity contribution in [3.05, 3.63) is 89.5 Å². The summed E-state index contributed by atoms with van der Waals surface area (Å²) < 4.78 is 38.8. The Balaban J connectivity index is 1.68. The van der Waals surface area contributed by atoms with Gasteiger partial charge in [0.2, 0.25) is 0 Å². The van der Waals surface area contributed by atoms with Crippen molar-refractivity contribution in [1.82, 2.24) is 0 Å². The number of benzene rings is 3. The van der Waals surface area contributed by atoms with Crippen molar-refractivity contribution < 1.29 is 17.4 Å². The molecule has 1 unspecified atom stereocenters. The van der Waals surface area contributed by atoms with Gasteiger partial charge < -0.3 is 5.32 Å². The lowest BCUT2D eigenvalue weighted by Crippen LogP contribution is -2.14. The molecule has 0 aliphatic rings. The molecule has 3 rings (SSSR count). The van der Waals surface area contributed by atoms with E-state index in [2.05, 4.69) is 10.0 Å². The van der Waals surface area contributed by atoms with Gasteiger partial charge in [-0.15, -0.1) is 0 Å². The first kappa shape index (κ1) is 21.7. The lowest BCUT2D eigenvalue weighted by molar-refractivity contribution is 0.102. The molecule has 3 aromatic rings. The van der Waals surface area contributed by atoms with Crippen LogP contribution in [0.25, 0.3) is 0 Å². The quantitative estimate of drug-likeness (QED) is 0.580. The average Bonchev–Trinajstić information content (AvgIpc) is 2.69. The molecule has 0 heterocycles. The van der Waals surface area contributed by atoms with Crippen molar-refractivity contribution in [3.8, 4) is 0 Å². The predicted molar refractivity (Wildman–Crippen MR) is 121 cm³/mol. The highest BCUT2D eigenvalue weighted by Crippen LogP contribution is 2.19. The normalized spacial score (nSPS) is 12.2. The number of hydrogen-bond donors (Lipinski definition) is 2. The number of sulfonamides is 1. The molecule has 156 valence electrons. The Morgan fingerprint density at radius 3 is 2.20 bits per heavy atom. The molecule has 0 aliphatic heterocycles. The van der Waals surface area contributed by atoms with E-state index in [1.165, 1.54) is 0 Å². The van der Waals surface area contributed by atoms with Crippen LogP contribution in [0, 0.1) is 6.92 Å². The summed E-state index contributed by atoms with van der Waals surface area (Å²) in [6.45, 7) is 1.89. The summed E-state index contributed by atoms with van der Waals surface area (Å²) in [6, 6.07) is 19.9. The molecule has 0 radical (unpaired) electrons. The van der Waals surface area contributed by atoms with Crippen molar-refractivity contribution in [1.29, 1.82) is 0 Å². The van der Waals surface area contributed by atoms with Gasteiger partial charge in [-0.3, -0.25) is 13.7 Å². The number of rotatable bonds is 7. The Hall–Kier alpha value is -2.97. The third kappa shape index (κ3) is 5.77. The summed E-state index contributed by atoms with van der Waals surface area (Å²) >= 11 is 0. The highest BCUT2D eigenvalue weighted by molar-refractivity contribution is 7.92. The van der Waals surface area contributed by atoms with Crippen LogP contribution in [0.4, 0.5) is 11.4 Å². The largest absolute Gasteiger partial charge is 0.322 e. The minimum atomic E-state index is -3.69. The minimum absolute atomic E-state index is 0.179. The van der Waals surface area contributed by atoms with Crippen LogP contribution in [0.5, 0.6) is 0 Å². The van der Waals surface area contributed by atoms with E-state index in [1.807, 2.05) is 13.0 Å². The van der Waals surface area contributed by atoms with Crippen molar-refractivity contribution in [2.24, 2.45) is 0 Å². The topological polar surface area (TPSA) is 92.3 Å². The summed E-state index contributed by atoms with van der Waals surface area (Å²) in [4.78, 5) is 12.7. The third-order valence-corrected chi connectivity index (χ3v) is 6.42. The summed E-state index contributed by atoms with van der Waals surface area (Å²) in [6.07, 6.45) is 1.61. The van der Waals surface area contributed by atoms with Crippen LogP contribution in [-0.2, 0) is 26.6 Å². The molecule has 0 spiro atoms. The Labute approximate surface area is 178 Å². The highest BCUT2D eigenvalue weighted by atomic mass is 32.2. The standard InChI is InChI=1S/C22H22N2O4S2/c1-16-6-12-21(13-7-16)30(27,28)24-20-10-8-19(9-11-20)23-22(25)18-5-3-4-17(14-18)15-29(2)26/h3-14,24H,15H2,1-2H3,(H,23,25). The predicted octanol–water partition coefficient (Wildman–Crippen LogP) is 3.93. The van der Waals surface area contributed by atoms with Gasteiger partial charge in [0, 0.05) is 39.7 Å². The average molecular weight is 443 g/mol. The Bertz CT molecular complexity index is 1170.